The zero-order valence-corrected chi connectivity index (χ0v) is 19.7. The van der Waals surface area contributed by atoms with E-state index in [-0.39, 0.29) is 31.2 Å². The average Bonchev–Trinajstić information content (AvgIpc) is 3.40. The number of fused-ring (bicyclic) bond motifs is 1. The number of hydrogen-bond donors (Lipinski definition) is 4. The molecule has 0 unspecified atom stereocenters. The Morgan fingerprint density at radius 1 is 1.40 bits per heavy atom. The van der Waals surface area contributed by atoms with E-state index >= 15 is 0 Å². The molecule has 0 bridgehead atoms. The van der Waals surface area contributed by atoms with Crippen molar-refractivity contribution in [3.8, 4) is 6.07 Å². The van der Waals surface area contributed by atoms with Crippen molar-refractivity contribution < 1.29 is 29.2 Å². The summed E-state index contributed by atoms with van der Waals surface area (Å²) in [6, 6.07) is 4.69. The van der Waals surface area contributed by atoms with E-state index in [1.165, 1.54) is 17.3 Å². The van der Waals surface area contributed by atoms with Gasteiger partial charge in [0.15, 0.2) is 5.82 Å². The lowest BCUT2D eigenvalue weighted by atomic mass is 9.96. The first-order chi connectivity index (χ1) is 16.9. The third-order valence-corrected chi connectivity index (χ3v) is 6.72. The third kappa shape index (κ3) is 5.10. The molecule has 2 fully saturated rings. The van der Waals surface area contributed by atoms with Crippen LogP contribution in [0.3, 0.4) is 0 Å². The van der Waals surface area contributed by atoms with Crippen molar-refractivity contribution in [2.45, 2.75) is 81.5 Å². The van der Waals surface area contributed by atoms with Gasteiger partial charge in [-0.3, -0.25) is 10.1 Å². The van der Waals surface area contributed by atoms with E-state index in [1.807, 2.05) is 13.0 Å². The number of aliphatic hydroxyl groups is 2. The van der Waals surface area contributed by atoms with Crippen molar-refractivity contribution in [1.29, 1.82) is 5.26 Å². The van der Waals surface area contributed by atoms with Crippen LogP contribution in [-0.4, -0.2) is 74.1 Å². The predicted octanol–water partition coefficient (Wildman–Crippen LogP) is 0.585. The SMILES string of the molecule is CC[C@H](NCOC[C@@]1(C#N)O[C@@H](c2ccc3c(N)ncnn23)[C@H](O)[C@@H]1O)C(=O)OC1CCCCC1. The summed E-state index contributed by atoms with van der Waals surface area (Å²) in [6.45, 7) is 1.45. The van der Waals surface area contributed by atoms with Gasteiger partial charge in [0, 0.05) is 0 Å². The topological polar surface area (TPSA) is 177 Å². The molecule has 5 N–H and O–H groups in total. The van der Waals surface area contributed by atoms with Crippen molar-refractivity contribution >= 4 is 17.3 Å². The molecule has 3 heterocycles. The van der Waals surface area contributed by atoms with Crippen LogP contribution in [0.25, 0.3) is 5.52 Å². The highest BCUT2D eigenvalue weighted by atomic mass is 16.6. The van der Waals surface area contributed by atoms with Crippen LogP contribution in [0.1, 0.15) is 57.2 Å². The lowest BCUT2D eigenvalue weighted by Gasteiger charge is -2.26. The van der Waals surface area contributed by atoms with Gasteiger partial charge in [0.25, 0.3) is 0 Å². The number of rotatable bonds is 9. The number of nitrogen functional groups attached to an aromatic ring is 1. The minimum atomic E-state index is -1.82. The Balaban J connectivity index is 1.35. The molecular formula is C23H32N6O6. The highest BCUT2D eigenvalue weighted by Crippen LogP contribution is 2.40. The molecule has 4 rings (SSSR count). The zero-order valence-electron chi connectivity index (χ0n) is 19.7. The van der Waals surface area contributed by atoms with E-state index in [0.717, 1.165) is 25.7 Å². The predicted molar refractivity (Wildman–Crippen MR) is 123 cm³/mol. The molecule has 1 saturated heterocycles. The fraction of sp³-hybridized carbons (Fsp3) is 0.652. The number of ether oxygens (including phenoxy) is 3. The number of carbonyl (C=O) groups excluding carboxylic acids is 1. The van der Waals surface area contributed by atoms with Crippen LogP contribution in [0.2, 0.25) is 0 Å². The van der Waals surface area contributed by atoms with E-state index in [2.05, 4.69) is 15.4 Å². The maximum absolute atomic E-state index is 12.5. The van der Waals surface area contributed by atoms with Crippen LogP contribution in [0.4, 0.5) is 5.82 Å². The van der Waals surface area contributed by atoms with Crippen LogP contribution in [0, 0.1) is 11.3 Å². The fourth-order valence-electron chi connectivity index (χ4n) is 4.66. The van der Waals surface area contributed by atoms with Gasteiger partial charge in [-0.1, -0.05) is 13.3 Å². The molecule has 1 saturated carbocycles. The summed E-state index contributed by atoms with van der Waals surface area (Å²) >= 11 is 0. The zero-order chi connectivity index (χ0) is 25.0. The minimum Gasteiger partial charge on any atom is -0.461 e. The molecule has 0 amide bonds. The summed E-state index contributed by atoms with van der Waals surface area (Å²) in [5.74, 6) is -0.0836. The summed E-state index contributed by atoms with van der Waals surface area (Å²) < 4.78 is 18.5. The van der Waals surface area contributed by atoms with E-state index in [4.69, 9.17) is 19.9 Å². The number of anilines is 1. The number of carbonyl (C=O) groups is 1. The number of nitrogens with two attached hydrogens (primary N) is 1. The summed E-state index contributed by atoms with van der Waals surface area (Å²) in [6.07, 6.45) is 2.80. The number of esters is 1. The van der Waals surface area contributed by atoms with Crippen LogP contribution >= 0.6 is 0 Å². The summed E-state index contributed by atoms with van der Waals surface area (Å²) in [7, 11) is 0. The summed E-state index contributed by atoms with van der Waals surface area (Å²) in [5.41, 5.74) is 4.96. The number of nitrogens with zero attached hydrogens (tertiary/aromatic N) is 4. The van der Waals surface area contributed by atoms with Gasteiger partial charge in [0.05, 0.1) is 19.0 Å². The second-order valence-corrected chi connectivity index (χ2v) is 9.03. The Hall–Kier alpha value is -2.82. The number of hydrogen-bond acceptors (Lipinski definition) is 11. The molecule has 12 heteroatoms. The van der Waals surface area contributed by atoms with Crippen molar-refractivity contribution in [1.82, 2.24) is 19.9 Å². The lowest BCUT2D eigenvalue weighted by molar-refractivity contribution is -0.154. The second kappa shape index (κ2) is 10.8. The second-order valence-electron chi connectivity index (χ2n) is 9.03. The Bertz CT molecular complexity index is 1070. The summed E-state index contributed by atoms with van der Waals surface area (Å²) in [4.78, 5) is 16.4. The van der Waals surface area contributed by atoms with Crippen molar-refractivity contribution in [3.63, 3.8) is 0 Å². The number of aromatic nitrogens is 3. The van der Waals surface area contributed by atoms with Gasteiger partial charge in [-0.15, -0.1) is 0 Å². The van der Waals surface area contributed by atoms with Gasteiger partial charge in [-0.25, -0.2) is 9.50 Å². The smallest absolute Gasteiger partial charge is 0.323 e. The Labute approximate surface area is 203 Å². The van der Waals surface area contributed by atoms with Gasteiger partial charge in [-0.2, -0.15) is 10.4 Å². The molecule has 2 aromatic rings. The van der Waals surface area contributed by atoms with Gasteiger partial charge in [0.2, 0.25) is 5.60 Å². The van der Waals surface area contributed by atoms with Crippen molar-refractivity contribution in [3.05, 3.63) is 24.2 Å². The molecule has 5 atom stereocenters. The Morgan fingerprint density at radius 3 is 2.89 bits per heavy atom. The van der Waals surface area contributed by atoms with Crippen molar-refractivity contribution in [2.24, 2.45) is 0 Å². The lowest BCUT2D eigenvalue weighted by Crippen LogP contribution is -2.47. The van der Waals surface area contributed by atoms with Crippen LogP contribution < -0.4 is 11.1 Å². The first kappa shape index (κ1) is 25.3. The monoisotopic (exact) mass is 488 g/mol. The molecule has 35 heavy (non-hydrogen) atoms. The molecule has 2 aliphatic rings. The van der Waals surface area contributed by atoms with Gasteiger partial charge in [-0.05, 0) is 44.2 Å². The molecule has 2 aromatic heterocycles. The fourth-order valence-corrected chi connectivity index (χ4v) is 4.66. The molecule has 1 aliphatic heterocycles. The van der Waals surface area contributed by atoms with E-state index in [0.29, 0.717) is 17.6 Å². The van der Waals surface area contributed by atoms with Gasteiger partial charge < -0.3 is 30.2 Å². The van der Waals surface area contributed by atoms with Gasteiger partial charge >= 0.3 is 5.97 Å². The maximum atomic E-state index is 12.5. The van der Waals surface area contributed by atoms with Crippen LogP contribution in [-0.2, 0) is 19.0 Å². The molecule has 0 spiro atoms. The normalized spacial score (nSPS) is 28.1. The average molecular weight is 489 g/mol. The van der Waals surface area contributed by atoms with E-state index in [9.17, 15) is 20.3 Å². The summed E-state index contributed by atoms with van der Waals surface area (Å²) in [5, 5.41) is 38.3. The van der Waals surface area contributed by atoms with Crippen LogP contribution in [0.15, 0.2) is 18.5 Å². The molecule has 190 valence electrons. The highest BCUT2D eigenvalue weighted by molar-refractivity contribution is 5.75. The first-order valence-corrected chi connectivity index (χ1v) is 11.9. The number of nitriles is 1. The van der Waals surface area contributed by atoms with E-state index < -0.39 is 30.0 Å². The molecule has 0 radical (unpaired) electrons. The molecular weight excluding hydrogens is 456 g/mol. The van der Waals surface area contributed by atoms with Crippen LogP contribution in [0.5, 0.6) is 0 Å². The minimum absolute atomic E-state index is 0.0407. The van der Waals surface area contributed by atoms with Crippen molar-refractivity contribution in [2.75, 3.05) is 19.1 Å². The quantitative estimate of drug-likeness (QED) is 0.220. The maximum Gasteiger partial charge on any atom is 0.323 e. The standard InChI is InChI=1S/C23H32N6O6/c1-2-15(22(32)34-14-6-4-3-5-7-14)27-13-33-11-23(10-24)20(31)18(30)19(35-23)16-8-9-17-21(25)26-12-28-29(16)17/h8-9,12,14-15,18-20,27,30-31H,2-7,11,13H2,1H3,(H2,25,26,28)/t15-,18-,19-,20-,23+/m0/s1. The van der Waals surface area contributed by atoms with E-state index in [1.54, 1.807) is 12.1 Å². The first-order valence-electron chi connectivity index (χ1n) is 11.9. The molecule has 0 aromatic carbocycles. The van der Waals surface area contributed by atoms with Gasteiger partial charge in [0.1, 0.15) is 48.4 Å². The Morgan fingerprint density at radius 2 is 2.17 bits per heavy atom. The highest BCUT2D eigenvalue weighted by Gasteiger charge is 2.56. The third-order valence-electron chi connectivity index (χ3n) is 6.72. The molecule has 12 nitrogen and oxygen atoms in total. The molecule has 1 aliphatic carbocycles. The largest absolute Gasteiger partial charge is 0.461 e. The number of nitrogens with one attached hydrogen (secondary N) is 1. The number of aliphatic hydroxyl groups excluding tert-OH is 2. The Kier molecular flexibility index (Phi) is 7.83.